The Morgan fingerprint density at radius 3 is 2.73 bits per heavy atom. The zero-order valence-electron chi connectivity index (χ0n) is 17.1. The summed E-state index contributed by atoms with van der Waals surface area (Å²) in [4.78, 5) is 21.2. The van der Waals surface area contributed by atoms with Gasteiger partial charge < -0.3 is 14.8 Å². The quantitative estimate of drug-likeness (QED) is 0.488. The van der Waals surface area contributed by atoms with Gasteiger partial charge in [0.25, 0.3) is 5.91 Å². The van der Waals surface area contributed by atoms with Gasteiger partial charge in [-0.2, -0.15) is 0 Å². The maximum Gasteiger partial charge on any atom is 0.251 e. The molecule has 0 spiro atoms. The number of carbonyl (C=O) groups excluding carboxylic acids is 1. The number of benzene rings is 1. The number of halogens is 1. The van der Waals surface area contributed by atoms with Gasteiger partial charge in [-0.1, -0.05) is 25.4 Å². The van der Waals surface area contributed by atoms with Crippen molar-refractivity contribution in [3.05, 3.63) is 57.6 Å². The highest BCUT2D eigenvalue weighted by Gasteiger charge is 2.16. The van der Waals surface area contributed by atoms with Crippen molar-refractivity contribution in [1.29, 1.82) is 0 Å². The Hall–Kier alpha value is -2.64. The fraction of sp³-hybridized carbons (Fsp3) is 0.318. The third kappa shape index (κ3) is 5.70. The van der Waals surface area contributed by atoms with Crippen LogP contribution in [-0.4, -0.2) is 29.6 Å². The molecule has 30 heavy (non-hydrogen) atoms. The molecule has 1 N–H and O–H groups in total. The molecule has 2 heterocycles. The molecule has 158 valence electrons. The van der Waals surface area contributed by atoms with Crippen LogP contribution >= 0.6 is 22.9 Å². The molecule has 2 aromatic heterocycles. The zero-order chi connectivity index (χ0) is 21.5. The maximum absolute atomic E-state index is 12.6. The van der Waals surface area contributed by atoms with Crippen LogP contribution in [0.25, 0.3) is 11.3 Å². The van der Waals surface area contributed by atoms with Crippen LogP contribution in [0.15, 0.2) is 42.0 Å². The van der Waals surface area contributed by atoms with E-state index in [9.17, 15) is 4.79 Å². The third-order valence-corrected chi connectivity index (χ3v) is 5.49. The molecule has 0 bridgehead atoms. The molecule has 3 aromatic rings. The summed E-state index contributed by atoms with van der Waals surface area (Å²) < 4.78 is 11.2. The number of rotatable bonds is 9. The van der Waals surface area contributed by atoms with Crippen molar-refractivity contribution in [3.63, 3.8) is 0 Å². The fourth-order valence-electron chi connectivity index (χ4n) is 2.69. The average Bonchev–Trinajstić information content (AvgIpc) is 3.22. The normalized spacial score (nSPS) is 10.8. The predicted octanol–water partition coefficient (Wildman–Crippen LogP) is 5.22. The summed E-state index contributed by atoms with van der Waals surface area (Å²) in [6, 6.07) is 7.03. The van der Waals surface area contributed by atoms with E-state index in [1.54, 1.807) is 24.5 Å². The van der Waals surface area contributed by atoms with Crippen LogP contribution in [0, 0.1) is 5.92 Å². The molecule has 0 fully saturated rings. The van der Waals surface area contributed by atoms with Crippen LogP contribution in [0.2, 0.25) is 5.02 Å². The minimum absolute atomic E-state index is 0.260. The van der Waals surface area contributed by atoms with Crippen molar-refractivity contribution >= 4 is 28.8 Å². The summed E-state index contributed by atoms with van der Waals surface area (Å²) in [6.45, 7) is 5.10. The van der Waals surface area contributed by atoms with Crippen molar-refractivity contribution in [3.8, 4) is 22.8 Å². The van der Waals surface area contributed by atoms with Crippen molar-refractivity contribution in [2.75, 3.05) is 13.7 Å². The van der Waals surface area contributed by atoms with Gasteiger partial charge in [0, 0.05) is 28.9 Å². The fourth-order valence-corrected chi connectivity index (χ4v) is 3.70. The molecule has 1 amide bonds. The minimum Gasteiger partial charge on any atom is -0.493 e. The summed E-state index contributed by atoms with van der Waals surface area (Å²) >= 11 is 7.85. The van der Waals surface area contributed by atoms with Gasteiger partial charge in [-0.15, -0.1) is 11.3 Å². The number of nitrogens with zero attached hydrogens (tertiary/aromatic N) is 2. The van der Waals surface area contributed by atoms with Crippen LogP contribution in [-0.2, 0) is 6.54 Å². The summed E-state index contributed by atoms with van der Waals surface area (Å²) in [5.74, 6) is 1.15. The lowest BCUT2D eigenvalue weighted by Crippen LogP contribution is -2.22. The molecular formula is C22H24ClN3O3S. The number of nitrogens with one attached hydrogen (secondary N) is 1. The second-order valence-electron chi connectivity index (χ2n) is 7.07. The molecule has 0 saturated heterocycles. The minimum atomic E-state index is -0.260. The van der Waals surface area contributed by atoms with Crippen LogP contribution in [0.4, 0.5) is 0 Å². The van der Waals surface area contributed by atoms with Gasteiger partial charge in [0.05, 0.1) is 31.0 Å². The van der Waals surface area contributed by atoms with Gasteiger partial charge in [0.1, 0.15) is 5.01 Å². The Morgan fingerprint density at radius 2 is 2.03 bits per heavy atom. The summed E-state index contributed by atoms with van der Waals surface area (Å²) in [7, 11) is 1.53. The molecule has 0 unspecified atom stereocenters. The Labute approximate surface area is 185 Å². The summed E-state index contributed by atoms with van der Waals surface area (Å²) in [5.41, 5.74) is 2.25. The first-order valence-corrected chi connectivity index (χ1v) is 10.9. The molecule has 0 aliphatic heterocycles. The molecule has 6 nitrogen and oxygen atoms in total. The van der Waals surface area contributed by atoms with Gasteiger partial charge in [0.15, 0.2) is 11.5 Å². The Balaban J connectivity index is 1.65. The molecule has 0 radical (unpaired) electrons. The number of pyridine rings is 1. The maximum atomic E-state index is 12.6. The summed E-state index contributed by atoms with van der Waals surface area (Å²) in [6.07, 6.45) is 4.35. The number of carbonyl (C=O) groups is 1. The summed E-state index contributed by atoms with van der Waals surface area (Å²) in [5, 5.41) is 5.99. The highest BCUT2D eigenvalue weighted by Crippen LogP contribution is 2.36. The van der Waals surface area contributed by atoms with Crippen LogP contribution in [0.1, 0.15) is 35.6 Å². The van der Waals surface area contributed by atoms with E-state index in [2.05, 4.69) is 29.1 Å². The SMILES string of the molecule is COc1cc(C(=O)NCc2nc(-c3ccncc3)cs2)cc(Cl)c1OCCC(C)C. The van der Waals surface area contributed by atoms with Gasteiger partial charge in [-0.3, -0.25) is 9.78 Å². The number of amides is 1. The van der Waals surface area contributed by atoms with E-state index < -0.39 is 0 Å². The lowest BCUT2D eigenvalue weighted by molar-refractivity contribution is 0.0950. The lowest BCUT2D eigenvalue weighted by Gasteiger charge is -2.15. The first kappa shape index (κ1) is 22.1. The van der Waals surface area contributed by atoms with Gasteiger partial charge in [0.2, 0.25) is 0 Å². The molecule has 8 heteroatoms. The molecule has 0 saturated carbocycles. The molecule has 0 aliphatic rings. The van der Waals surface area contributed by atoms with Gasteiger partial charge >= 0.3 is 0 Å². The van der Waals surface area contributed by atoms with E-state index >= 15 is 0 Å². The largest absolute Gasteiger partial charge is 0.493 e. The van der Waals surface area contributed by atoms with Crippen LogP contribution in [0.3, 0.4) is 0 Å². The van der Waals surface area contributed by atoms with E-state index in [0.29, 0.717) is 41.2 Å². The second kappa shape index (κ2) is 10.4. The second-order valence-corrected chi connectivity index (χ2v) is 8.42. The monoisotopic (exact) mass is 445 g/mol. The van der Waals surface area contributed by atoms with E-state index in [4.69, 9.17) is 21.1 Å². The van der Waals surface area contributed by atoms with Crippen LogP contribution < -0.4 is 14.8 Å². The number of aromatic nitrogens is 2. The highest BCUT2D eigenvalue weighted by molar-refractivity contribution is 7.09. The van der Waals surface area contributed by atoms with Crippen LogP contribution in [0.5, 0.6) is 11.5 Å². The first-order valence-electron chi connectivity index (χ1n) is 9.61. The third-order valence-electron chi connectivity index (χ3n) is 4.36. The van der Waals surface area contributed by atoms with Crippen molar-refractivity contribution in [2.24, 2.45) is 5.92 Å². The number of hydrogen-bond acceptors (Lipinski definition) is 6. The van der Waals surface area contributed by atoms with Crippen molar-refractivity contribution in [1.82, 2.24) is 15.3 Å². The molecular weight excluding hydrogens is 422 g/mol. The van der Waals surface area contributed by atoms with Gasteiger partial charge in [-0.05, 0) is 36.6 Å². The van der Waals surface area contributed by atoms with E-state index in [0.717, 1.165) is 22.7 Å². The topological polar surface area (TPSA) is 73.3 Å². The number of ether oxygens (including phenoxy) is 2. The van der Waals surface area contributed by atoms with E-state index in [-0.39, 0.29) is 5.91 Å². The first-order chi connectivity index (χ1) is 14.5. The number of thiazole rings is 1. The van der Waals surface area contributed by atoms with E-state index in [1.165, 1.54) is 18.4 Å². The molecule has 1 aromatic carbocycles. The molecule has 0 atom stereocenters. The smallest absolute Gasteiger partial charge is 0.251 e. The zero-order valence-corrected chi connectivity index (χ0v) is 18.7. The Morgan fingerprint density at radius 1 is 1.27 bits per heavy atom. The van der Waals surface area contributed by atoms with Crippen molar-refractivity contribution in [2.45, 2.75) is 26.8 Å². The number of hydrogen-bond donors (Lipinski definition) is 1. The average molecular weight is 446 g/mol. The van der Waals surface area contributed by atoms with E-state index in [1.807, 2.05) is 17.5 Å². The molecule has 0 aliphatic carbocycles. The highest BCUT2D eigenvalue weighted by atomic mass is 35.5. The Bertz CT molecular complexity index is 993. The molecule has 3 rings (SSSR count). The lowest BCUT2D eigenvalue weighted by atomic mass is 10.1. The van der Waals surface area contributed by atoms with Crippen molar-refractivity contribution < 1.29 is 14.3 Å². The Kier molecular flexibility index (Phi) is 7.65. The van der Waals surface area contributed by atoms with Gasteiger partial charge in [-0.25, -0.2) is 4.98 Å². The predicted molar refractivity (Wildman–Crippen MR) is 119 cm³/mol. The number of methoxy groups -OCH3 is 1. The standard InChI is InChI=1S/C22H24ClN3O3S/c1-14(2)6-9-29-21-17(23)10-16(11-19(21)28-3)22(27)25-12-20-26-18(13-30-20)15-4-7-24-8-5-15/h4-5,7-8,10-11,13-14H,6,9,12H2,1-3H3,(H,25,27).